The normalized spacial score (nSPS) is 21.3. The zero-order valence-electron chi connectivity index (χ0n) is 16.0. The summed E-state index contributed by atoms with van der Waals surface area (Å²) in [4.78, 5) is 0. The molecule has 0 saturated carbocycles. The predicted molar refractivity (Wildman–Crippen MR) is 103 cm³/mol. The van der Waals surface area contributed by atoms with E-state index in [0.717, 1.165) is 16.9 Å². The lowest BCUT2D eigenvalue weighted by atomic mass is 10.1. The van der Waals surface area contributed by atoms with E-state index in [0.29, 0.717) is 26.2 Å². The van der Waals surface area contributed by atoms with Gasteiger partial charge >= 0.3 is 0 Å². The van der Waals surface area contributed by atoms with Gasteiger partial charge in [0.15, 0.2) is 5.79 Å². The van der Waals surface area contributed by atoms with E-state index in [1.165, 1.54) is 0 Å². The van der Waals surface area contributed by atoms with E-state index in [-0.39, 0.29) is 18.8 Å². The Labute approximate surface area is 160 Å². The van der Waals surface area contributed by atoms with Crippen LogP contribution in [-0.4, -0.2) is 42.9 Å². The molecule has 0 aromatic heterocycles. The van der Waals surface area contributed by atoms with Crippen molar-refractivity contribution in [3.8, 4) is 5.75 Å². The Bertz CT molecular complexity index is 684. The molecule has 0 spiro atoms. The number of hydrogen-bond acceptors (Lipinski definition) is 5. The first kappa shape index (κ1) is 19.8. The smallest absolute Gasteiger partial charge is 0.164 e. The van der Waals surface area contributed by atoms with Crippen molar-refractivity contribution in [3.05, 3.63) is 65.7 Å². The maximum Gasteiger partial charge on any atom is 0.164 e. The highest BCUT2D eigenvalue weighted by Crippen LogP contribution is 2.29. The lowest BCUT2D eigenvalue weighted by Gasteiger charge is -2.18. The Morgan fingerprint density at radius 2 is 1.56 bits per heavy atom. The Balaban J connectivity index is 1.50. The van der Waals surface area contributed by atoms with Gasteiger partial charge in [-0.25, -0.2) is 0 Å². The molecule has 1 heterocycles. The minimum absolute atomic E-state index is 0.146. The average molecular weight is 372 g/mol. The van der Waals surface area contributed by atoms with Crippen molar-refractivity contribution < 1.29 is 24.1 Å². The minimum Gasteiger partial charge on any atom is -0.491 e. The number of hydrogen-bond donors (Lipinski definition) is 1. The van der Waals surface area contributed by atoms with Gasteiger partial charge in [0.25, 0.3) is 0 Å². The van der Waals surface area contributed by atoms with Crippen molar-refractivity contribution in [2.75, 3.05) is 19.8 Å². The zero-order valence-corrected chi connectivity index (χ0v) is 16.0. The van der Waals surface area contributed by atoms with Crippen molar-refractivity contribution >= 4 is 0 Å². The van der Waals surface area contributed by atoms with Gasteiger partial charge < -0.3 is 24.1 Å². The third kappa shape index (κ3) is 6.04. The lowest BCUT2D eigenvalue weighted by Crippen LogP contribution is -2.32. The largest absolute Gasteiger partial charge is 0.491 e. The van der Waals surface area contributed by atoms with Gasteiger partial charge in [-0.05, 0) is 43.5 Å². The first-order valence-corrected chi connectivity index (χ1v) is 9.36. The first-order valence-electron chi connectivity index (χ1n) is 9.36. The van der Waals surface area contributed by atoms with E-state index in [1.54, 1.807) is 0 Å². The SMILES string of the molecule is CC1(C)OC(COCc2ccccc2)C(COc2ccc(CCO)cc2)O1. The molecule has 5 nitrogen and oxygen atoms in total. The third-order valence-corrected chi connectivity index (χ3v) is 4.42. The molecule has 2 aromatic carbocycles. The van der Waals surface area contributed by atoms with Gasteiger partial charge in [0.05, 0.1) is 13.2 Å². The highest BCUT2D eigenvalue weighted by Gasteiger charge is 2.41. The Hall–Kier alpha value is -1.92. The molecule has 2 atom stereocenters. The highest BCUT2D eigenvalue weighted by atomic mass is 16.8. The topological polar surface area (TPSA) is 57.2 Å². The van der Waals surface area contributed by atoms with Crippen LogP contribution >= 0.6 is 0 Å². The molecular formula is C22H28O5. The van der Waals surface area contributed by atoms with Crippen molar-refractivity contribution in [2.24, 2.45) is 0 Å². The molecule has 1 aliphatic rings. The van der Waals surface area contributed by atoms with Crippen molar-refractivity contribution in [2.45, 2.75) is 44.9 Å². The van der Waals surface area contributed by atoms with E-state index >= 15 is 0 Å². The van der Waals surface area contributed by atoms with Crippen LogP contribution in [0.3, 0.4) is 0 Å². The summed E-state index contributed by atoms with van der Waals surface area (Å²) in [6, 6.07) is 17.8. The zero-order chi connectivity index (χ0) is 19.1. The molecular weight excluding hydrogens is 344 g/mol. The highest BCUT2D eigenvalue weighted by molar-refractivity contribution is 5.27. The average Bonchev–Trinajstić information content (AvgIpc) is 2.96. The molecule has 0 aliphatic carbocycles. The summed E-state index contributed by atoms with van der Waals surface area (Å²) >= 11 is 0. The van der Waals surface area contributed by atoms with Crippen LogP contribution in [0.4, 0.5) is 0 Å². The Morgan fingerprint density at radius 3 is 2.22 bits per heavy atom. The molecule has 27 heavy (non-hydrogen) atoms. The summed E-state index contributed by atoms with van der Waals surface area (Å²) in [7, 11) is 0. The van der Waals surface area contributed by atoms with Crippen LogP contribution in [0.15, 0.2) is 54.6 Å². The van der Waals surface area contributed by atoms with Crippen molar-refractivity contribution in [1.29, 1.82) is 0 Å². The molecule has 1 saturated heterocycles. The number of ether oxygens (including phenoxy) is 4. The monoisotopic (exact) mass is 372 g/mol. The van der Waals surface area contributed by atoms with E-state index in [9.17, 15) is 0 Å². The predicted octanol–water partition coefficient (Wildman–Crippen LogP) is 3.34. The molecule has 0 amide bonds. The van der Waals surface area contributed by atoms with E-state index in [4.69, 9.17) is 24.1 Å². The summed E-state index contributed by atoms with van der Waals surface area (Å²) in [5.74, 6) is 0.119. The van der Waals surface area contributed by atoms with Gasteiger partial charge in [0.2, 0.25) is 0 Å². The fourth-order valence-electron chi connectivity index (χ4n) is 3.12. The Morgan fingerprint density at radius 1 is 0.889 bits per heavy atom. The number of aliphatic hydroxyl groups is 1. The second-order valence-electron chi connectivity index (χ2n) is 7.14. The van der Waals surface area contributed by atoms with Crippen LogP contribution in [0, 0.1) is 0 Å². The molecule has 1 aliphatic heterocycles. The van der Waals surface area contributed by atoms with Gasteiger partial charge in [-0.15, -0.1) is 0 Å². The maximum absolute atomic E-state index is 8.98. The van der Waals surface area contributed by atoms with E-state index in [2.05, 4.69) is 0 Å². The van der Waals surface area contributed by atoms with Gasteiger partial charge in [0, 0.05) is 6.61 Å². The fraction of sp³-hybridized carbons (Fsp3) is 0.455. The van der Waals surface area contributed by atoms with Gasteiger partial charge in [-0.3, -0.25) is 0 Å². The van der Waals surface area contributed by atoms with Crippen LogP contribution in [0.5, 0.6) is 5.75 Å². The van der Waals surface area contributed by atoms with Crippen LogP contribution < -0.4 is 4.74 Å². The summed E-state index contributed by atoms with van der Waals surface area (Å²) in [6.45, 7) is 5.33. The first-order chi connectivity index (χ1) is 13.1. The van der Waals surface area contributed by atoms with Crippen molar-refractivity contribution in [1.82, 2.24) is 0 Å². The molecule has 0 bridgehead atoms. The number of rotatable bonds is 9. The van der Waals surface area contributed by atoms with E-state index < -0.39 is 5.79 Å². The summed E-state index contributed by atoms with van der Waals surface area (Å²) in [5, 5.41) is 8.98. The van der Waals surface area contributed by atoms with Crippen molar-refractivity contribution in [3.63, 3.8) is 0 Å². The molecule has 1 fully saturated rings. The minimum atomic E-state index is -0.653. The second-order valence-corrected chi connectivity index (χ2v) is 7.14. The molecule has 2 aromatic rings. The molecule has 2 unspecified atom stereocenters. The van der Waals surface area contributed by atoms with Crippen LogP contribution in [0.1, 0.15) is 25.0 Å². The number of benzene rings is 2. The summed E-state index contributed by atoms with van der Waals surface area (Å²) < 4.78 is 23.7. The molecule has 0 radical (unpaired) electrons. The number of aliphatic hydroxyl groups excluding tert-OH is 1. The maximum atomic E-state index is 8.98. The standard InChI is InChI=1S/C22H28O5/c1-22(2)26-20(15-24-14-18-6-4-3-5-7-18)21(27-22)16-25-19-10-8-17(9-11-19)12-13-23/h3-11,20-21,23H,12-16H2,1-2H3. The van der Waals surface area contributed by atoms with Crippen LogP contribution in [0.2, 0.25) is 0 Å². The van der Waals surface area contributed by atoms with Gasteiger partial charge in [0.1, 0.15) is 24.6 Å². The Kier molecular flexibility index (Phi) is 6.85. The van der Waals surface area contributed by atoms with Crippen LogP contribution in [0.25, 0.3) is 0 Å². The second kappa shape index (κ2) is 9.33. The lowest BCUT2D eigenvalue weighted by molar-refractivity contribution is -0.152. The quantitative estimate of drug-likeness (QED) is 0.732. The molecule has 3 rings (SSSR count). The van der Waals surface area contributed by atoms with Crippen LogP contribution in [-0.2, 0) is 27.2 Å². The molecule has 1 N–H and O–H groups in total. The molecule has 5 heteroatoms. The van der Waals surface area contributed by atoms with Gasteiger partial charge in [-0.1, -0.05) is 42.5 Å². The third-order valence-electron chi connectivity index (χ3n) is 4.42. The fourth-order valence-corrected chi connectivity index (χ4v) is 3.12. The van der Waals surface area contributed by atoms with E-state index in [1.807, 2.05) is 68.4 Å². The molecule has 146 valence electrons. The van der Waals surface area contributed by atoms with Gasteiger partial charge in [-0.2, -0.15) is 0 Å². The summed E-state index contributed by atoms with van der Waals surface area (Å²) in [5.41, 5.74) is 2.21. The summed E-state index contributed by atoms with van der Waals surface area (Å²) in [6.07, 6.45) is 0.264.